The van der Waals surface area contributed by atoms with Crippen molar-refractivity contribution >= 4 is 29.4 Å². The van der Waals surface area contributed by atoms with Crippen molar-refractivity contribution in [1.82, 2.24) is 10.2 Å². The molecule has 2 aromatic rings. The van der Waals surface area contributed by atoms with E-state index in [1.807, 2.05) is 41.7 Å². The molecule has 7 heteroatoms. The molecule has 2 saturated heterocycles. The fraction of sp³-hybridized carbons (Fsp3) is 0.500. The van der Waals surface area contributed by atoms with Crippen LogP contribution in [0.25, 0.3) is 0 Å². The minimum absolute atomic E-state index is 0.0208. The average molecular weight is 487 g/mol. The fourth-order valence-electron chi connectivity index (χ4n) is 4.33. The van der Waals surface area contributed by atoms with Crippen LogP contribution in [0, 0.1) is 0 Å². The first-order chi connectivity index (χ1) is 16.1. The Balaban J connectivity index is 1.24. The predicted octanol–water partition coefficient (Wildman–Crippen LogP) is 4.86. The summed E-state index contributed by atoms with van der Waals surface area (Å²) in [5.74, 6) is 3.07. The number of hydrogen-bond donors (Lipinski definition) is 1. The zero-order valence-corrected chi connectivity index (χ0v) is 21.1. The van der Waals surface area contributed by atoms with Crippen LogP contribution in [0.1, 0.15) is 41.5 Å². The molecule has 2 atom stereocenters. The van der Waals surface area contributed by atoms with Crippen molar-refractivity contribution in [2.24, 2.45) is 0 Å². The molecule has 2 fully saturated rings. The SMILES string of the molecule is CC1CN(Cc2ccccc2CNC(=O)COc2ccc(C3SCCCS3)cc2)CC(C)O1. The molecular weight excluding hydrogens is 452 g/mol. The minimum atomic E-state index is -0.110. The largest absolute Gasteiger partial charge is 0.484 e. The van der Waals surface area contributed by atoms with Gasteiger partial charge in [0.15, 0.2) is 6.61 Å². The minimum Gasteiger partial charge on any atom is -0.484 e. The lowest BCUT2D eigenvalue weighted by molar-refractivity contribution is -0.123. The molecule has 0 saturated carbocycles. The maximum absolute atomic E-state index is 12.4. The van der Waals surface area contributed by atoms with Crippen molar-refractivity contribution in [3.8, 4) is 5.75 Å². The summed E-state index contributed by atoms with van der Waals surface area (Å²) in [6, 6.07) is 16.5. The highest BCUT2D eigenvalue weighted by Crippen LogP contribution is 2.43. The molecule has 2 aliphatic rings. The van der Waals surface area contributed by atoms with Gasteiger partial charge in [-0.05, 0) is 60.6 Å². The van der Waals surface area contributed by atoms with Gasteiger partial charge in [-0.15, -0.1) is 23.5 Å². The molecule has 4 rings (SSSR count). The van der Waals surface area contributed by atoms with Crippen LogP contribution in [0.5, 0.6) is 5.75 Å². The zero-order valence-electron chi connectivity index (χ0n) is 19.5. The number of rotatable bonds is 8. The summed E-state index contributed by atoms with van der Waals surface area (Å²) in [5.41, 5.74) is 3.71. The molecule has 0 radical (unpaired) electrons. The first-order valence-electron chi connectivity index (χ1n) is 11.7. The van der Waals surface area contributed by atoms with Gasteiger partial charge in [0.05, 0.1) is 16.8 Å². The molecule has 0 spiro atoms. The average Bonchev–Trinajstić information content (AvgIpc) is 2.82. The number of hydrogen-bond acceptors (Lipinski definition) is 6. The van der Waals surface area contributed by atoms with E-state index in [9.17, 15) is 4.79 Å². The van der Waals surface area contributed by atoms with Crippen LogP contribution in [-0.4, -0.2) is 54.2 Å². The van der Waals surface area contributed by atoms with Crippen LogP contribution in [0.15, 0.2) is 48.5 Å². The Morgan fingerprint density at radius 3 is 2.39 bits per heavy atom. The summed E-state index contributed by atoms with van der Waals surface area (Å²) in [5, 5.41) is 3.01. The van der Waals surface area contributed by atoms with E-state index in [1.54, 1.807) is 0 Å². The van der Waals surface area contributed by atoms with Gasteiger partial charge in [-0.1, -0.05) is 36.4 Å². The Bertz CT molecular complexity index is 893. The van der Waals surface area contributed by atoms with E-state index >= 15 is 0 Å². The molecule has 0 aromatic heterocycles. The van der Waals surface area contributed by atoms with Gasteiger partial charge in [-0.2, -0.15) is 0 Å². The molecule has 178 valence electrons. The van der Waals surface area contributed by atoms with Crippen LogP contribution in [0.4, 0.5) is 0 Å². The molecular formula is C26H34N2O3S2. The summed E-state index contributed by atoms with van der Waals surface area (Å²) >= 11 is 4.01. The molecule has 5 nitrogen and oxygen atoms in total. The van der Waals surface area contributed by atoms with Crippen molar-refractivity contribution in [2.75, 3.05) is 31.2 Å². The number of ether oxygens (including phenoxy) is 2. The highest BCUT2D eigenvalue weighted by Gasteiger charge is 2.22. The van der Waals surface area contributed by atoms with Gasteiger partial charge in [0.2, 0.25) is 0 Å². The summed E-state index contributed by atoms with van der Waals surface area (Å²) in [6.45, 7) is 7.48. The lowest BCUT2D eigenvalue weighted by atomic mass is 10.1. The smallest absolute Gasteiger partial charge is 0.258 e. The molecule has 2 heterocycles. The zero-order chi connectivity index (χ0) is 23.0. The number of nitrogens with zero attached hydrogens (tertiary/aromatic N) is 1. The van der Waals surface area contributed by atoms with Crippen LogP contribution in [0.3, 0.4) is 0 Å². The summed E-state index contributed by atoms with van der Waals surface area (Å²) in [7, 11) is 0. The molecule has 0 bridgehead atoms. The third-order valence-electron chi connectivity index (χ3n) is 5.83. The van der Waals surface area contributed by atoms with Gasteiger partial charge in [-0.3, -0.25) is 9.69 Å². The van der Waals surface area contributed by atoms with Gasteiger partial charge in [-0.25, -0.2) is 0 Å². The van der Waals surface area contributed by atoms with Crippen LogP contribution in [0.2, 0.25) is 0 Å². The Kier molecular flexibility index (Phi) is 9.01. The fourth-order valence-corrected chi connectivity index (χ4v) is 7.23. The third kappa shape index (κ3) is 7.41. The number of nitrogens with one attached hydrogen (secondary N) is 1. The third-order valence-corrected chi connectivity index (χ3v) is 8.85. The quantitative estimate of drug-likeness (QED) is 0.575. The second kappa shape index (κ2) is 12.2. The molecule has 2 aliphatic heterocycles. The normalized spacial score (nSPS) is 22.1. The maximum atomic E-state index is 12.4. The molecule has 1 amide bonds. The van der Waals surface area contributed by atoms with Gasteiger partial charge >= 0.3 is 0 Å². The van der Waals surface area contributed by atoms with E-state index < -0.39 is 0 Å². The van der Waals surface area contributed by atoms with Crippen molar-refractivity contribution in [1.29, 1.82) is 0 Å². The Hall–Kier alpha value is -1.67. The Morgan fingerprint density at radius 2 is 1.70 bits per heavy atom. The van der Waals surface area contributed by atoms with E-state index in [-0.39, 0.29) is 24.7 Å². The highest BCUT2D eigenvalue weighted by atomic mass is 32.2. The molecule has 33 heavy (non-hydrogen) atoms. The second-order valence-electron chi connectivity index (χ2n) is 8.78. The van der Waals surface area contributed by atoms with Crippen LogP contribution in [-0.2, 0) is 22.6 Å². The first kappa shape index (κ1) is 24.5. The van der Waals surface area contributed by atoms with Crippen molar-refractivity contribution in [3.63, 3.8) is 0 Å². The summed E-state index contributed by atoms with van der Waals surface area (Å²) in [6.07, 6.45) is 1.78. The van der Waals surface area contributed by atoms with E-state index in [2.05, 4.69) is 54.4 Å². The van der Waals surface area contributed by atoms with Crippen molar-refractivity contribution < 1.29 is 14.3 Å². The molecule has 2 aromatic carbocycles. The topological polar surface area (TPSA) is 50.8 Å². The number of benzene rings is 2. The van der Waals surface area contributed by atoms with E-state index in [0.717, 1.165) is 30.9 Å². The number of carbonyl (C=O) groups is 1. The number of thioether (sulfide) groups is 2. The summed E-state index contributed by atoms with van der Waals surface area (Å²) in [4.78, 5) is 14.8. The molecule has 2 unspecified atom stereocenters. The van der Waals surface area contributed by atoms with Gasteiger partial charge < -0.3 is 14.8 Å². The summed E-state index contributed by atoms with van der Waals surface area (Å²) < 4.78 is 12.1. The van der Waals surface area contributed by atoms with Crippen molar-refractivity contribution in [2.45, 2.75) is 50.1 Å². The standard InChI is InChI=1S/C26H34N2O3S2/c1-19-15-28(16-20(2)31-19)17-23-7-4-3-6-22(23)14-27-25(29)18-30-24-10-8-21(9-11-24)26-32-12-5-13-33-26/h3-4,6-11,19-20,26H,5,12-18H2,1-2H3,(H,27,29). The van der Waals surface area contributed by atoms with E-state index in [4.69, 9.17) is 9.47 Å². The number of morpholine rings is 1. The van der Waals surface area contributed by atoms with Gasteiger partial charge in [0.25, 0.3) is 5.91 Å². The van der Waals surface area contributed by atoms with E-state index in [1.165, 1.54) is 29.1 Å². The highest BCUT2D eigenvalue weighted by molar-refractivity contribution is 8.16. The van der Waals surface area contributed by atoms with Crippen LogP contribution < -0.4 is 10.1 Å². The van der Waals surface area contributed by atoms with Crippen LogP contribution >= 0.6 is 23.5 Å². The number of carbonyl (C=O) groups excluding carboxylic acids is 1. The Labute approximate surface area is 206 Å². The second-order valence-corrected chi connectivity index (χ2v) is 11.5. The molecule has 1 N–H and O–H groups in total. The molecule has 0 aliphatic carbocycles. The van der Waals surface area contributed by atoms with Crippen molar-refractivity contribution in [3.05, 3.63) is 65.2 Å². The monoisotopic (exact) mass is 486 g/mol. The Morgan fingerprint density at radius 1 is 1.03 bits per heavy atom. The maximum Gasteiger partial charge on any atom is 0.258 e. The van der Waals surface area contributed by atoms with Gasteiger partial charge in [0.1, 0.15) is 5.75 Å². The number of amides is 1. The van der Waals surface area contributed by atoms with Gasteiger partial charge in [0, 0.05) is 26.2 Å². The predicted molar refractivity (Wildman–Crippen MR) is 138 cm³/mol. The lowest BCUT2D eigenvalue weighted by Gasteiger charge is -2.35. The first-order valence-corrected chi connectivity index (χ1v) is 13.8. The lowest BCUT2D eigenvalue weighted by Crippen LogP contribution is -2.45. The van der Waals surface area contributed by atoms with E-state index in [0.29, 0.717) is 11.1 Å².